The molecule has 5 rings (SSSR count). The largest absolute Gasteiger partial charge is 0.351 e. The Bertz CT molecular complexity index is 695. The van der Waals surface area contributed by atoms with E-state index < -0.39 is 0 Å². The molecule has 2 heterocycles. The van der Waals surface area contributed by atoms with Crippen LogP contribution in [0.2, 0.25) is 0 Å². The second-order valence-corrected chi connectivity index (χ2v) is 9.67. The van der Waals surface area contributed by atoms with E-state index in [2.05, 4.69) is 67.0 Å². The Morgan fingerprint density at radius 1 is 0.889 bits per heavy atom. The van der Waals surface area contributed by atoms with E-state index in [1.54, 1.807) is 0 Å². The summed E-state index contributed by atoms with van der Waals surface area (Å²) in [7, 11) is 0. The molecule has 1 aromatic carbocycles. The molecule has 0 amide bonds. The Morgan fingerprint density at radius 2 is 1.48 bits per heavy atom. The Balaban J connectivity index is 1.57. The molecule has 1 saturated heterocycles. The topological polar surface area (TPSA) is 6.48 Å². The quantitative estimate of drug-likeness (QED) is 0.615. The summed E-state index contributed by atoms with van der Waals surface area (Å²) in [6.07, 6.45) is 17.3. The maximum absolute atomic E-state index is 2.98. The van der Waals surface area contributed by atoms with Gasteiger partial charge < -0.3 is 4.90 Å². The van der Waals surface area contributed by atoms with Crippen LogP contribution in [0.15, 0.2) is 36.4 Å². The summed E-state index contributed by atoms with van der Waals surface area (Å²) in [5, 5.41) is 0. The van der Waals surface area contributed by atoms with Crippen LogP contribution in [0.25, 0.3) is 0 Å². The van der Waals surface area contributed by atoms with E-state index in [9.17, 15) is 0 Å². The minimum atomic E-state index is 0.322. The van der Waals surface area contributed by atoms with E-state index in [4.69, 9.17) is 0 Å². The van der Waals surface area contributed by atoms with Gasteiger partial charge in [0.25, 0.3) is 0 Å². The molecule has 146 valence electrons. The fourth-order valence-corrected chi connectivity index (χ4v) is 7.37. The van der Waals surface area contributed by atoms with Crippen LogP contribution in [0.5, 0.6) is 0 Å². The SMILES string of the molecule is Cc1ccccc1N1C(C)N2C(C=CC2(C2CCCC2)C2CCCC2)[C@@H]1C. The van der Waals surface area contributed by atoms with Gasteiger partial charge in [-0.15, -0.1) is 0 Å². The molecular weight excluding hydrogens is 328 g/mol. The first-order chi connectivity index (χ1) is 13.1. The van der Waals surface area contributed by atoms with Crippen molar-refractivity contribution < 1.29 is 0 Å². The molecule has 2 nitrogen and oxygen atoms in total. The zero-order chi connectivity index (χ0) is 18.6. The van der Waals surface area contributed by atoms with Gasteiger partial charge in [0.2, 0.25) is 0 Å². The first-order valence-corrected chi connectivity index (χ1v) is 11.5. The number of aryl methyl sites for hydroxylation is 1. The maximum Gasteiger partial charge on any atom is 0.0808 e. The predicted octanol–water partition coefficient (Wildman–Crippen LogP) is 5.91. The fraction of sp³-hybridized carbons (Fsp3) is 0.680. The van der Waals surface area contributed by atoms with Crippen LogP contribution in [0, 0.1) is 18.8 Å². The van der Waals surface area contributed by atoms with Crippen molar-refractivity contribution in [1.82, 2.24) is 4.90 Å². The number of nitrogens with zero attached hydrogens (tertiary/aromatic N) is 2. The van der Waals surface area contributed by atoms with Crippen LogP contribution in [0.1, 0.15) is 70.8 Å². The van der Waals surface area contributed by atoms with Gasteiger partial charge in [0.05, 0.1) is 12.2 Å². The van der Waals surface area contributed by atoms with E-state index >= 15 is 0 Å². The summed E-state index contributed by atoms with van der Waals surface area (Å²) in [6, 6.07) is 10.1. The second-order valence-electron chi connectivity index (χ2n) is 9.67. The molecule has 2 aliphatic carbocycles. The summed E-state index contributed by atoms with van der Waals surface area (Å²) >= 11 is 0. The van der Waals surface area contributed by atoms with Crippen molar-refractivity contribution in [2.75, 3.05) is 4.90 Å². The monoisotopic (exact) mass is 364 g/mol. The van der Waals surface area contributed by atoms with Crippen LogP contribution in [0.4, 0.5) is 5.69 Å². The lowest BCUT2D eigenvalue weighted by Gasteiger charge is -2.49. The number of hydrogen-bond acceptors (Lipinski definition) is 2. The summed E-state index contributed by atoms with van der Waals surface area (Å²) in [5.74, 6) is 1.74. The number of rotatable bonds is 3. The van der Waals surface area contributed by atoms with Crippen molar-refractivity contribution in [3.05, 3.63) is 42.0 Å². The van der Waals surface area contributed by atoms with Crippen LogP contribution in [-0.4, -0.2) is 28.7 Å². The second kappa shape index (κ2) is 6.65. The van der Waals surface area contributed by atoms with Crippen molar-refractivity contribution in [1.29, 1.82) is 0 Å². The Morgan fingerprint density at radius 3 is 2.07 bits per heavy atom. The van der Waals surface area contributed by atoms with Gasteiger partial charge in [0, 0.05) is 17.3 Å². The highest BCUT2D eigenvalue weighted by molar-refractivity contribution is 5.57. The van der Waals surface area contributed by atoms with Gasteiger partial charge in [-0.3, -0.25) is 4.90 Å². The number of anilines is 1. The fourth-order valence-electron chi connectivity index (χ4n) is 7.37. The summed E-state index contributed by atoms with van der Waals surface area (Å²) in [6.45, 7) is 7.21. The molecule has 3 atom stereocenters. The normalized spacial score (nSPS) is 34.0. The van der Waals surface area contributed by atoms with Crippen molar-refractivity contribution in [3.63, 3.8) is 0 Å². The van der Waals surface area contributed by atoms with E-state index in [1.165, 1.54) is 62.6 Å². The zero-order valence-electron chi connectivity index (χ0n) is 17.4. The maximum atomic E-state index is 2.98. The minimum Gasteiger partial charge on any atom is -0.351 e. The van der Waals surface area contributed by atoms with Gasteiger partial charge in [-0.05, 0) is 69.9 Å². The lowest BCUT2D eigenvalue weighted by molar-refractivity contribution is 0.0146. The first-order valence-electron chi connectivity index (χ1n) is 11.5. The average molecular weight is 365 g/mol. The third-order valence-electron chi connectivity index (χ3n) is 8.48. The summed E-state index contributed by atoms with van der Waals surface area (Å²) < 4.78 is 0. The van der Waals surface area contributed by atoms with Crippen LogP contribution >= 0.6 is 0 Å². The smallest absolute Gasteiger partial charge is 0.0808 e. The van der Waals surface area contributed by atoms with Crippen molar-refractivity contribution in [2.24, 2.45) is 11.8 Å². The lowest BCUT2D eigenvalue weighted by atomic mass is 9.71. The molecule has 27 heavy (non-hydrogen) atoms. The molecule has 0 aromatic heterocycles. The van der Waals surface area contributed by atoms with E-state index in [0.717, 1.165) is 11.8 Å². The number of hydrogen-bond donors (Lipinski definition) is 0. The van der Waals surface area contributed by atoms with E-state index in [-0.39, 0.29) is 0 Å². The van der Waals surface area contributed by atoms with Crippen molar-refractivity contribution >= 4 is 5.69 Å². The van der Waals surface area contributed by atoms with Gasteiger partial charge in [-0.2, -0.15) is 0 Å². The van der Waals surface area contributed by atoms with E-state index in [1.807, 2.05) is 0 Å². The molecule has 0 radical (unpaired) electrons. The van der Waals surface area contributed by atoms with Crippen LogP contribution < -0.4 is 4.90 Å². The minimum absolute atomic E-state index is 0.322. The van der Waals surface area contributed by atoms with Gasteiger partial charge in [-0.1, -0.05) is 56.0 Å². The highest BCUT2D eigenvalue weighted by atomic mass is 15.5. The predicted molar refractivity (Wildman–Crippen MR) is 114 cm³/mol. The Kier molecular flexibility index (Phi) is 4.39. The third-order valence-corrected chi connectivity index (χ3v) is 8.48. The standard InChI is InChI=1S/C25H36N2/c1-18-10-4-9-15-23(18)26-19(2)24-16-17-25(27(24)20(26)3,21-11-5-6-12-21)22-13-7-8-14-22/h4,9-10,15-17,19-22,24H,5-8,11-14H2,1-3H3/t19-,20?,24?/m0/s1. The first kappa shape index (κ1) is 17.8. The van der Waals surface area contributed by atoms with Gasteiger partial charge in [-0.25, -0.2) is 0 Å². The molecule has 4 aliphatic rings. The molecule has 2 unspecified atom stereocenters. The summed E-state index contributed by atoms with van der Waals surface area (Å²) in [4.78, 5) is 5.71. The molecule has 0 spiro atoms. The summed E-state index contributed by atoms with van der Waals surface area (Å²) in [5.41, 5.74) is 3.17. The molecule has 0 N–H and O–H groups in total. The van der Waals surface area contributed by atoms with Gasteiger partial charge >= 0.3 is 0 Å². The zero-order valence-corrected chi connectivity index (χ0v) is 17.4. The number of benzene rings is 1. The van der Waals surface area contributed by atoms with Crippen LogP contribution in [0.3, 0.4) is 0 Å². The van der Waals surface area contributed by atoms with Gasteiger partial charge in [0.15, 0.2) is 0 Å². The molecule has 0 bridgehead atoms. The number of fused-ring (bicyclic) bond motifs is 1. The molecule has 2 heteroatoms. The highest BCUT2D eigenvalue weighted by Crippen LogP contribution is 2.55. The third kappa shape index (κ3) is 2.48. The number of para-hydroxylation sites is 1. The Hall–Kier alpha value is -1.28. The van der Waals surface area contributed by atoms with Crippen molar-refractivity contribution in [2.45, 2.75) is 95.9 Å². The average Bonchev–Trinajstić information content (AvgIpc) is 3.43. The van der Waals surface area contributed by atoms with Gasteiger partial charge in [0.1, 0.15) is 0 Å². The molecule has 2 saturated carbocycles. The van der Waals surface area contributed by atoms with Crippen LogP contribution in [-0.2, 0) is 0 Å². The Labute approximate surface area is 165 Å². The molecule has 1 aromatic rings. The molecular formula is C25H36N2. The lowest BCUT2D eigenvalue weighted by Crippen LogP contribution is -2.58. The highest BCUT2D eigenvalue weighted by Gasteiger charge is 2.59. The van der Waals surface area contributed by atoms with E-state index in [0.29, 0.717) is 23.8 Å². The van der Waals surface area contributed by atoms with Crippen molar-refractivity contribution in [3.8, 4) is 0 Å². The molecule has 3 fully saturated rings. The molecule has 2 aliphatic heterocycles.